The molecule has 44 heavy (non-hydrogen) atoms. The van der Waals surface area contributed by atoms with Gasteiger partial charge < -0.3 is 19.1 Å². The van der Waals surface area contributed by atoms with Gasteiger partial charge in [-0.05, 0) is 92.3 Å². The summed E-state index contributed by atoms with van der Waals surface area (Å²) < 4.78 is 32.8. The zero-order valence-corrected chi connectivity index (χ0v) is 28.7. The number of methoxy groups -OCH3 is 2. The topological polar surface area (TPSA) is 77.1 Å². The highest BCUT2D eigenvalue weighted by Gasteiger charge is 2.43. The Labute approximate surface area is 271 Å². The number of amides is 1. The van der Waals surface area contributed by atoms with E-state index in [1.807, 2.05) is 18.2 Å². The van der Waals surface area contributed by atoms with Gasteiger partial charge in [0.25, 0.3) is 5.91 Å². The van der Waals surface area contributed by atoms with Crippen molar-refractivity contribution in [1.29, 1.82) is 0 Å². The normalized spacial score (nSPS) is 21.5. The Morgan fingerprint density at radius 1 is 1.25 bits per heavy atom. The number of aryl methyl sites for hydroxylation is 1. The number of hydrogen-bond acceptors (Lipinski definition) is 6. The fraction of sp³-hybridized carbons (Fsp3) is 0.571. The molecule has 0 aromatic heterocycles. The first kappa shape index (κ1) is 34.5. The van der Waals surface area contributed by atoms with Gasteiger partial charge in [-0.3, -0.25) is 9.52 Å². The van der Waals surface area contributed by atoms with E-state index in [1.54, 1.807) is 20.3 Å². The van der Waals surface area contributed by atoms with Crippen LogP contribution in [0.4, 0.5) is 5.69 Å². The molecule has 1 aliphatic carbocycles. The van der Waals surface area contributed by atoms with E-state index in [0.29, 0.717) is 18.8 Å². The molecular formula is C35H49ClN2O5S. The monoisotopic (exact) mass is 644 g/mol. The van der Waals surface area contributed by atoms with Crippen LogP contribution in [0.5, 0.6) is 5.75 Å². The second kappa shape index (κ2) is 15.3. The molecule has 0 bridgehead atoms. The molecule has 1 N–H and O–H groups in total. The maximum atomic E-state index is 13.2. The summed E-state index contributed by atoms with van der Waals surface area (Å²) in [6.45, 7) is 11.2. The fourth-order valence-electron chi connectivity index (χ4n) is 7.17. The number of halogens is 1. The summed E-state index contributed by atoms with van der Waals surface area (Å²) in [4.78, 5) is 15.6. The molecular weight excluding hydrogens is 596 g/mol. The van der Waals surface area contributed by atoms with Crippen molar-refractivity contribution in [2.75, 3.05) is 51.2 Å². The van der Waals surface area contributed by atoms with E-state index in [2.05, 4.69) is 61.6 Å². The number of nitrogens with one attached hydrogen (secondary N) is 1. The summed E-state index contributed by atoms with van der Waals surface area (Å²) in [5.74, 6) is 1.11. The maximum absolute atomic E-state index is 13.2. The van der Waals surface area contributed by atoms with Gasteiger partial charge in [0, 0.05) is 43.3 Å². The minimum absolute atomic E-state index is 0.227. The molecule has 5 atom stereocenters. The maximum Gasteiger partial charge on any atom is 0.263 e. The molecule has 3 unspecified atom stereocenters. The Morgan fingerprint density at radius 2 is 2.05 bits per heavy atom. The minimum Gasteiger partial charge on any atom is -0.490 e. The predicted octanol–water partition coefficient (Wildman–Crippen LogP) is 6.89. The van der Waals surface area contributed by atoms with Gasteiger partial charge in [-0.25, -0.2) is 4.21 Å². The third kappa shape index (κ3) is 7.69. The van der Waals surface area contributed by atoms with E-state index in [4.69, 9.17) is 25.8 Å². The van der Waals surface area contributed by atoms with Gasteiger partial charge in [0.05, 0.1) is 30.3 Å². The molecule has 2 aliphatic rings. The molecule has 4 rings (SSSR count). The van der Waals surface area contributed by atoms with Crippen LogP contribution < -0.4 is 14.4 Å². The fourth-order valence-corrected chi connectivity index (χ4v) is 8.11. The summed E-state index contributed by atoms with van der Waals surface area (Å²) in [5, 5.41) is 0.757. The smallest absolute Gasteiger partial charge is 0.263 e. The average Bonchev–Trinajstić information content (AvgIpc) is 3.16. The first-order chi connectivity index (χ1) is 21.1. The predicted molar refractivity (Wildman–Crippen MR) is 180 cm³/mol. The lowest BCUT2D eigenvalue weighted by Gasteiger charge is -2.43. The lowest BCUT2D eigenvalue weighted by molar-refractivity contribution is -0.0230. The van der Waals surface area contributed by atoms with Gasteiger partial charge in [0.15, 0.2) is 0 Å². The number of rotatable bonds is 13. The Kier molecular flexibility index (Phi) is 12.0. The van der Waals surface area contributed by atoms with Crippen LogP contribution in [0.25, 0.3) is 0 Å². The van der Waals surface area contributed by atoms with E-state index in [1.165, 1.54) is 11.1 Å². The number of hydrogen-bond donors (Lipinski definition) is 1. The molecule has 1 spiro atoms. The summed E-state index contributed by atoms with van der Waals surface area (Å²) in [7, 11) is 1.81. The van der Waals surface area contributed by atoms with Crippen LogP contribution in [0.15, 0.2) is 48.6 Å². The first-order valence-electron chi connectivity index (χ1n) is 15.8. The van der Waals surface area contributed by atoms with Crippen molar-refractivity contribution in [3.8, 4) is 5.75 Å². The van der Waals surface area contributed by atoms with Crippen molar-refractivity contribution >= 4 is 34.2 Å². The SMILES string of the molecule is CC/C=C/[C@](C)(OC)C(CC)C(C)CN1C[C@@]2(CCCc3cc(Cl)ccc32)COc2ccc(C(=O)NS(=O)CCOC)cc21. The molecule has 7 nitrogen and oxygen atoms in total. The summed E-state index contributed by atoms with van der Waals surface area (Å²) in [6.07, 6.45) is 9.36. The van der Waals surface area contributed by atoms with Crippen LogP contribution in [0, 0.1) is 11.8 Å². The van der Waals surface area contributed by atoms with Gasteiger partial charge in [-0.1, -0.05) is 50.6 Å². The first-order valence-corrected chi connectivity index (χ1v) is 17.5. The molecule has 0 saturated carbocycles. The van der Waals surface area contributed by atoms with Crippen LogP contribution in [0.1, 0.15) is 74.9 Å². The number of ether oxygens (including phenoxy) is 3. The number of anilines is 1. The molecule has 1 heterocycles. The highest BCUT2D eigenvalue weighted by atomic mass is 35.5. The average molecular weight is 645 g/mol. The van der Waals surface area contributed by atoms with E-state index in [9.17, 15) is 9.00 Å². The van der Waals surface area contributed by atoms with Crippen molar-refractivity contribution < 1.29 is 23.2 Å². The third-order valence-corrected chi connectivity index (χ3v) is 10.7. The Hall–Kier alpha value is -2.39. The zero-order valence-electron chi connectivity index (χ0n) is 27.1. The molecule has 1 aliphatic heterocycles. The number of nitrogens with zero attached hydrogens (tertiary/aromatic N) is 1. The Morgan fingerprint density at radius 3 is 2.75 bits per heavy atom. The summed E-state index contributed by atoms with van der Waals surface area (Å²) >= 11 is 6.44. The van der Waals surface area contributed by atoms with Crippen molar-refractivity contribution in [3.63, 3.8) is 0 Å². The quantitative estimate of drug-likeness (QED) is 0.240. The summed E-state index contributed by atoms with van der Waals surface area (Å²) in [6, 6.07) is 11.8. The van der Waals surface area contributed by atoms with Crippen molar-refractivity contribution in [2.45, 2.75) is 70.8 Å². The molecule has 9 heteroatoms. The highest BCUT2D eigenvalue weighted by molar-refractivity contribution is 7.83. The Bertz CT molecular complexity index is 1350. The van der Waals surface area contributed by atoms with Gasteiger partial charge in [-0.15, -0.1) is 0 Å². The molecule has 2 aromatic carbocycles. The van der Waals surface area contributed by atoms with Gasteiger partial charge in [-0.2, -0.15) is 0 Å². The number of benzene rings is 2. The molecule has 0 saturated heterocycles. The van der Waals surface area contributed by atoms with Gasteiger partial charge in [0.1, 0.15) is 16.7 Å². The van der Waals surface area contributed by atoms with E-state index in [0.717, 1.165) is 61.7 Å². The van der Waals surface area contributed by atoms with Crippen molar-refractivity contribution in [1.82, 2.24) is 4.72 Å². The minimum atomic E-state index is -1.53. The number of carbonyl (C=O) groups excluding carboxylic acids is 1. The molecule has 0 fully saturated rings. The second-order valence-electron chi connectivity index (χ2n) is 12.5. The van der Waals surface area contributed by atoms with E-state index in [-0.39, 0.29) is 28.9 Å². The molecule has 0 radical (unpaired) electrons. The van der Waals surface area contributed by atoms with Crippen LogP contribution in [-0.4, -0.2) is 62.0 Å². The van der Waals surface area contributed by atoms with Gasteiger partial charge in [0.2, 0.25) is 0 Å². The molecule has 242 valence electrons. The lowest BCUT2D eigenvalue weighted by atomic mass is 9.70. The largest absolute Gasteiger partial charge is 0.490 e. The zero-order chi connectivity index (χ0) is 31.9. The molecule has 1 amide bonds. The van der Waals surface area contributed by atoms with Crippen molar-refractivity contribution in [2.24, 2.45) is 11.8 Å². The Balaban J connectivity index is 1.74. The number of carbonyl (C=O) groups is 1. The molecule has 2 aromatic rings. The van der Waals surface area contributed by atoms with E-state index < -0.39 is 16.6 Å². The van der Waals surface area contributed by atoms with Crippen LogP contribution in [0.3, 0.4) is 0 Å². The third-order valence-electron chi connectivity index (χ3n) is 9.47. The number of allylic oxidation sites excluding steroid dienone is 1. The van der Waals surface area contributed by atoms with Crippen LogP contribution >= 0.6 is 11.6 Å². The highest BCUT2D eigenvalue weighted by Crippen LogP contribution is 2.45. The van der Waals surface area contributed by atoms with Crippen LogP contribution in [0.2, 0.25) is 5.02 Å². The lowest BCUT2D eigenvalue weighted by Crippen LogP contribution is -2.48. The van der Waals surface area contributed by atoms with Crippen molar-refractivity contribution in [3.05, 3.63) is 70.3 Å². The van der Waals surface area contributed by atoms with Gasteiger partial charge >= 0.3 is 0 Å². The van der Waals surface area contributed by atoms with Crippen LogP contribution in [-0.2, 0) is 32.3 Å². The standard InChI is InChI=1S/C35H49ClN2O5S/c1-7-9-16-34(4,42-6)29(8-2)25(3)22-38-23-35(17-10-11-26-20-28(36)13-14-30(26)35)24-43-32-15-12-27(21-31(32)38)33(39)37-44(40)19-18-41-5/h9,12-16,20-21,25,29H,7-8,10-11,17-19,22-24H2,1-6H3,(H,37,39)/b16-9+/t25?,29?,34-,35-,44?/m0/s1. The second-order valence-corrected chi connectivity index (χ2v) is 14.2. The van der Waals surface area contributed by atoms with E-state index >= 15 is 0 Å². The summed E-state index contributed by atoms with van der Waals surface area (Å²) in [5.41, 5.74) is 3.27. The number of fused-ring (bicyclic) bond motifs is 3.